The number of piperidine rings is 1. The van der Waals surface area contributed by atoms with E-state index in [0.717, 1.165) is 13.0 Å². The highest BCUT2D eigenvalue weighted by molar-refractivity contribution is 5.90. The molecule has 2 aromatic carbocycles. The van der Waals surface area contributed by atoms with E-state index in [1.165, 1.54) is 16.3 Å². The summed E-state index contributed by atoms with van der Waals surface area (Å²) in [4.78, 5) is 2.32. The molecule has 0 radical (unpaired) electrons. The summed E-state index contributed by atoms with van der Waals surface area (Å²) in [6.07, 6.45) is 4.89. The fourth-order valence-electron chi connectivity index (χ4n) is 3.46. The lowest BCUT2D eigenvalue weighted by Crippen LogP contribution is -2.52. The minimum Gasteiger partial charge on any atom is -0.385 e. The fourth-order valence-corrected chi connectivity index (χ4v) is 3.46. The highest BCUT2D eigenvalue weighted by atomic mass is 16.3. The number of likely N-dealkylation sites (tertiary alicyclic amines) is 1. The first-order chi connectivity index (χ1) is 10.5. The molecule has 0 aliphatic carbocycles. The van der Waals surface area contributed by atoms with Crippen molar-refractivity contribution in [2.45, 2.75) is 31.9 Å². The molecule has 1 saturated heterocycles. The van der Waals surface area contributed by atoms with Gasteiger partial charge in [0.1, 0.15) is 0 Å². The molecule has 2 aromatic rings. The van der Waals surface area contributed by atoms with Gasteiger partial charge in [-0.15, -0.1) is 0 Å². The predicted octanol–water partition coefficient (Wildman–Crippen LogP) is 3.94. The molecule has 2 heteroatoms. The van der Waals surface area contributed by atoms with Crippen LogP contribution in [0.15, 0.2) is 48.5 Å². The van der Waals surface area contributed by atoms with Crippen molar-refractivity contribution >= 4 is 16.8 Å². The molecule has 0 aromatic heterocycles. The van der Waals surface area contributed by atoms with E-state index in [9.17, 15) is 5.11 Å². The van der Waals surface area contributed by atoms with Gasteiger partial charge in [0.2, 0.25) is 0 Å². The average molecular weight is 295 g/mol. The highest BCUT2D eigenvalue weighted by Crippen LogP contribution is 2.33. The van der Waals surface area contributed by atoms with Gasteiger partial charge in [-0.2, -0.15) is 0 Å². The zero-order valence-electron chi connectivity index (χ0n) is 13.7. The largest absolute Gasteiger partial charge is 0.385 e. The van der Waals surface area contributed by atoms with Gasteiger partial charge in [-0.25, -0.2) is 0 Å². The second-order valence-corrected chi connectivity index (χ2v) is 6.79. The number of benzene rings is 2. The summed E-state index contributed by atoms with van der Waals surface area (Å²) in [7, 11) is 2.13. The Bertz CT molecular complexity index is 688. The van der Waals surface area contributed by atoms with Crippen molar-refractivity contribution in [1.29, 1.82) is 0 Å². The van der Waals surface area contributed by atoms with Gasteiger partial charge in [0.25, 0.3) is 0 Å². The maximum absolute atomic E-state index is 11.0. The highest BCUT2D eigenvalue weighted by Gasteiger charge is 2.38. The zero-order chi connectivity index (χ0) is 15.7. The predicted molar refractivity (Wildman–Crippen MR) is 93.8 cm³/mol. The summed E-state index contributed by atoms with van der Waals surface area (Å²) < 4.78 is 0. The first-order valence-corrected chi connectivity index (χ1v) is 8.09. The minimum absolute atomic E-state index is 0.236. The number of aliphatic hydroxyl groups is 1. The number of rotatable bonds is 2. The molecule has 3 atom stereocenters. The number of hydrogen-bond donors (Lipinski definition) is 1. The summed E-state index contributed by atoms with van der Waals surface area (Å²) in [5, 5.41) is 13.5. The molecule has 1 heterocycles. The van der Waals surface area contributed by atoms with E-state index >= 15 is 0 Å². The van der Waals surface area contributed by atoms with E-state index in [1.807, 2.05) is 6.08 Å². The maximum atomic E-state index is 11.0. The second-order valence-electron chi connectivity index (χ2n) is 6.79. The molecular weight excluding hydrogens is 270 g/mol. The molecule has 3 unspecified atom stereocenters. The Labute approximate surface area is 133 Å². The van der Waals surface area contributed by atoms with Crippen molar-refractivity contribution in [3.8, 4) is 0 Å². The Morgan fingerprint density at radius 3 is 2.68 bits per heavy atom. The Balaban J connectivity index is 1.92. The van der Waals surface area contributed by atoms with Crippen LogP contribution < -0.4 is 0 Å². The first-order valence-electron chi connectivity index (χ1n) is 8.09. The van der Waals surface area contributed by atoms with Gasteiger partial charge >= 0.3 is 0 Å². The molecule has 1 aliphatic heterocycles. The van der Waals surface area contributed by atoms with Gasteiger partial charge in [-0.1, -0.05) is 61.5 Å². The third kappa shape index (κ3) is 2.81. The second kappa shape index (κ2) is 5.86. The van der Waals surface area contributed by atoms with Crippen LogP contribution in [0.25, 0.3) is 16.8 Å². The quantitative estimate of drug-likeness (QED) is 0.907. The van der Waals surface area contributed by atoms with Crippen molar-refractivity contribution in [2.75, 3.05) is 13.6 Å². The molecule has 0 saturated carbocycles. The number of fused-ring (bicyclic) bond motifs is 1. The van der Waals surface area contributed by atoms with Crippen molar-refractivity contribution in [3.63, 3.8) is 0 Å². The van der Waals surface area contributed by atoms with E-state index < -0.39 is 5.60 Å². The van der Waals surface area contributed by atoms with Gasteiger partial charge in [-0.3, -0.25) is 0 Å². The lowest BCUT2D eigenvalue weighted by molar-refractivity contribution is -0.0414. The maximum Gasteiger partial charge on any atom is 0.0883 e. The Hall–Kier alpha value is -1.64. The lowest BCUT2D eigenvalue weighted by atomic mass is 9.78. The third-order valence-corrected chi connectivity index (χ3v) is 5.16. The van der Waals surface area contributed by atoms with E-state index in [4.69, 9.17) is 0 Å². The van der Waals surface area contributed by atoms with Gasteiger partial charge < -0.3 is 10.0 Å². The van der Waals surface area contributed by atoms with Crippen LogP contribution in [0.4, 0.5) is 0 Å². The van der Waals surface area contributed by atoms with Crippen molar-refractivity contribution < 1.29 is 5.11 Å². The summed E-state index contributed by atoms with van der Waals surface area (Å²) in [6.45, 7) is 5.25. The van der Waals surface area contributed by atoms with Gasteiger partial charge in [0.05, 0.1) is 5.60 Å². The molecule has 2 nitrogen and oxygen atoms in total. The molecule has 22 heavy (non-hydrogen) atoms. The van der Waals surface area contributed by atoms with E-state index in [-0.39, 0.29) is 5.92 Å². The molecule has 0 spiro atoms. The fraction of sp³-hybridized carbons (Fsp3) is 0.400. The lowest BCUT2D eigenvalue weighted by Gasteiger charge is -2.44. The number of nitrogens with zero attached hydrogens (tertiary/aromatic N) is 1. The van der Waals surface area contributed by atoms with Gasteiger partial charge in [0, 0.05) is 18.5 Å². The van der Waals surface area contributed by atoms with Crippen LogP contribution in [0.5, 0.6) is 0 Å². The molecular formula is C20H25NO. The molecule has 3 rings (SSSR count). The number of hydrogen-bond acceptors (Lipinski definition) is 2. The Kier molecular flexibility index (Phi) is 4.07. The zero-order valence-corrected chi connectivity index (χ0v) is 13.7. The summed E-state index contributed by atoms with van der Waals surface area (Å²) in [5.41, 5.74) is 0.452. The summed E-state index contributed by atoms with van der Waals surface area (Å²) in [5.74, 6) is 0.236. The van der Waals surface area contributed by atoms with Crippen LogP contribution in [-0.4, -0.2) is 35.2 Å². The molecule has 1 aliphatic rings. The van der Waals surface area contributed by atoms with E-state index in [1.54, 1.807) is 0 Å². The molecule has 1 N–H and O–H groups in total. The van der Waals surface area contributed by atoms with Crippen molar-refractivity contribution in [3.05, 3.63) is 54.1 Å². The van der Waals surface area contributed by atoms with Crippen LogP contribution in [-0.2, 0) is 0 Å². The summed E-state index contributed by atoms with van der Waals surface area (Å²) in [6, 6.07) is 15.1. The van der Waals surface area contributed by atoms with Crippen molar-refractivity contribution in [2.24, 2.45) is 5.92 Å². The monoisotopic (exact) mass is 295 g/mol. The smallest absolute Gasteiger partial charge is 0.0883 e. The Morgan fingerprint density at radius 1 is 1.14 bits per heavy atom. The van der Waals surface area contributed by atoms with Crippen LogP contribution >= 0.6 is 0 Å². The SMILES string of the molecule is CC1CC(O)(/C=C/c2cccc3ccccc23)C(C)CN1C. The van der Waals surface area contributed by atoms with Crippen LogP contribution in [0.1, 0.15) is 25.8 Å². The van der Waals surface area contributed by atoms with Gasteiger partial charge in [-0.05, 0) is 36.7 Å². The van der Waals surface area contributed by atoms with E-state index in [2.05, 4.69) is 74.3 Å². The topological polar surface area (TPSA) is 23.5 Å². The molecule has 1 fully saturated rings. The van der Waals surface area contributed by atoms with Crippen LogP contribution in [0, 0.1) is 5.92 Å². The van der Waals surface area contributed by atoms with Crippen LogP contribution in [0.2, 0.25) is 0 Å². The molecule has 0 bridgehead atoms. The average Bonchev–Trinajstić information content (AvgIpc) is 2.51. The van der Waals surface area contributed by atoms with Gasteiger partial charge in [0.15, 0.2) is 0 Å². The van der Waals surface area contributed by atoms with Crippen molar-refractivity contribution in [1.82, 2.24) is 4.90 Å². The Morgan fingerprint density at radius 2 is 1.86 bits per heavy atom. The minimum atomic E-state index is -0.719. The normalized spacial score (nSPS) is 30.2. The molecule has 0 amide bonds. The first kappa shape index (κ1) is 15.3. The van der Waals surface area contributed by atoms with E-state index in [0.29, 0.717) is 6.04 Å². The summed E-state index contributed by atoms with van der Waals surface area (Å²) >= 11 is 0. The standard InChI is InChI=1S/C20H25NO/c1-15-14-21(3)16(2)13-20(15,22)12-11-18-9-6-8-17-7-4-5-10-19(17)18/h4-12,15-16,22H,13-14H2,1-3H3/b12-11+. The van der Waals surface area contributed by atoms with Crippen LogP contribution in [0.3, 0.4) is 0 Å². The third-order valence-electron chi connectivity index (χ3n) is 5.16. The molecule has 116 valence electrons.